The van der Waals surface area contributed by atoms with Gasteiger partial charge in [-0.1, -0.05) is 6.07 Å². The molecule has 0 atom stereocenters. The first-order valence-electron chi connectivity index (χ1n) is 8.34. The molecule has 0 aromatic heterocycles. The minimum absolute atomic E-state index is 0.0676. The molecule has 0 bridgehead atoms. The van der Waals surface area contributed by atoms with Crippen LogP contribution in [-0.4, -0.2) is 32.0 Å². The first kappa shape index (κ1) is 18.8. The number of benzene rings is 2. The van der Waals surface area contributed by atoms with Crippen LogP contribution in [0.5, 0.6) is 0 Å². The highest BCUT2D eigenvalue weighted by atomic mass is 32.2. The maximum atomic E-state index is 12.6. The number of nitro groups is 1. The van der Waals surface area contributed by atoms with Gasteiger partial charge >= 0.3 is 0 Å². The van der Waals surface area contributed by atoms with Crippen molar-refractivity contribution in [1.82, 2.24) is 0 Å². The first-order chi connectivity index (χ1) is 12.7. The molecule has 1 heterocycles. The Labute approximate surface area is 157 Å². The summed E-state index contributed by atoms with van der Waals surface area (Å²) in [6.07, 6.45) is 2.52. The molecule has 0 fully saturated rings. The summed E-state index contributed by atoms with van der Waals surface area (Å²) in [6.45, 7) is 1.99. The van der Waals surface area contributed by atoms with E-state index in [1.165, 1.54) is 16.4 Å². The number of hydrogen-bond acceptors (Lipinski definition) is 5. The van der Waals surface area contributed by atoms with E-state index >= 15 is 0 Å². The maximum absolute atomic E-state index is 12.6. The van der Waals surface area contributed by atoms with E-state index in [1.807, 2.05) is 0 Å². The average Bonchev–Trinajstić information content (AvgIpc) is 2.61. The lowest BCUT2D eigenvalue weighted by Crippen LogP contribution is -2.34. The van der Waals surface area contributed by atoms with Gasteiger partial charge in [0.05, 0.1) is 28.1 Å². The lowest BCUT2D eigenvalue weighted by Gasteiger charge is -2.29. The molecule has 1 N–H and O–H groups in total. The van der Waals surface area contributed by atoms with Gasteiger partial charge in [-0.25, -0.2) is 8.42 Å². The number of amides is 1. The standard InChI is InChI=1S/C18H19N3O5S/c1-12-15(6-3-7-16(12)21(23)24)19-18(22)14-8-9-17-13(11-14)5-4-10-20(17)27(2,25)26/h3,6-9,11H,4-5,10H2,1-2H3,(H,19,22). The van der Waals surface area contributed by atoms with Crippen molar-refractivity contribution in [3.8, 4) is 0 Å². The van der Waals surface area contributed by atoms with Crippen molar-refractivity contribution in [2.45, 2.75) is 19.8 Å². The number of nitrogens with one attached hydrogen (secondary N) is 1. The third kappa shape index (κ3) is 3.77. The molecule has 1 aliphatic heterocycles. The van der Waals surface area contributed by atoms with Crippen molar-refractivity contribution in [2.24, 2.45) is 0 Å². The Bertz CT molecular complexity index is 1030. The van der Waals surface area contributed by atoms with E-state index in [2.05, 4.69) is 5.32 Å². The van der Waals surface area contributed by atoms with E-state index in [1.54, 1.807) is 31.2 Å². The third-order valence-electron chi connectivity index (χ3n) is 4.57. The van der Waals surface area contributed by atoms with Crippen LogP contribution in [0.1, 0.15) is 27.9 Å². The van der Waals surface area contributed by atoms with Crippen LogP contribution < -0.4 is 9.62 Å². The SMILES string of the molecule is Cc1c(NC(=O)c2ccc3c(c2)CCCN3S(C)(=O)=O)cccc1[N+](=O)[O-]. The number of fused-ring (bicyclic) bond motifs is 1. The lowest BCUT2D eigenvalue weighted by molar-refractivity contribution is -0.385. The van der Waals surface area contributed by atoms with Crippen LogP contribution in [0, 0.1) is 17.0 Å². The van der Waals surface area contributed by atoms with Crippen LogP contribution in [0.15, 0.2) is 36.4 Å². The molecular weight excluding hydrogens is 370 g/mol. The molecule has 2 aromatic rings. The minimum atomic E-state index is -3.37. The molecule has 9 heteroatoms. The molecule has 27 heavy (non-hydrogen) atoms. The Balaban J connectivity index is 1.89. The summed E-state index contributed by atoms with van der Waals surface area (Å²) < 4.78 is 25.2. The summed E-state index contributed by atoms with van der Waals surface area (Å²) in [5.41, 5.74) is 2.42. The zero-order valence-corrected chi connectivity index (χ0v) is 15.7. The molecule has 0 unspecified atom stereocenters. The molecule has 0 spiro atoms. The number of nitro benzene ring substituents is 1. The van der Waals surface area contributed by atoms with Gasteiger partial charge in [0.1, 0.15) is 0 Å². The summed E-state index contributed by atoms with van der Waals surface area (Å²) in [5.74, 6) is -0.405. The van der Waals surface area contributed by atoms with Crippen molar-refractivity contribution >= 4 is 33.0 Å². The highest BCUT2D eigenvalue weighted by Crippen LogP contribution is 2.30. The topological polar surface area (TPSA) is 110 Å². The van der Waals surface area contributed by atoms with Crippen LogP contribution in [0.3, 0.4) is 0 Å². The first-order valence-corrected chi connectivity index (χ1v) is 10.2. The van der Waals surface area contributed by atoms with Crippen molar-refractivity contribution in [2.75, 3.05) is 22.4 Å². The van der Waals surface area contributed by atoms with Gasteiger partial charge < -0.3 is 5.32 Å². The van der Waals surface area contributed by atoms with E-state index in [9.17, 15) is 23.3 Å². The zero-order valence-electron chi connectivity index (χ0n) is 14.9. The number of carbonyl (C=O) groups excluding carboxylic acids is 1. The van der Waals surface area contributed by atoms with Gasteiger partial charge in [0, 0.05) is 18.2 Å². The van der Waals surface area contributed by atoms with Crippen LogP contribution in [-0.2, 0) is 16.4 Å². The summed E-state index contributed by atoms with van der Waals surface area (Å²) in [5, 5.41) is 13.7. The smallest absolute Gasteiger partial charge is 0.274 e. The van der Waals surface area contributed by atoms with Gasteiger partial charge in [-0.05, 0) is 49.6 Å². The zero-order chi connectivity index (χ0) is 19.8. The molecule has 142 valence electrons. The van der Waals surface area contributed by atoms with Crippen molar-refractivity contribution in [3.05, 3.63) is 63.2 Å². The van der Waals surface area contributed by atoms with Crippen molar-refractivity contribution in [3.63, 3.8) is 0 Å². The maximum Gasteiger partial charge on any atom is 0.274 e. The Morgan fingerprint density at radius 3 is 2.67 bits per heavy atom. The second-order valence-electron chi connectivity index (χ2n) is 6.44. The monoisotopic (exact) mass is 389 g/mol. The highest BCUT2D eigenvalue weighted by Gasteiger charge is 2.25. The number of anilines is 2. The number of rotatable bonds is 4. The van der Waals surface area contributed by atoms with Gasteiger partial charge in [-0.3, -0.25) is 19.2 Å². The second kappa shape index (κ2) is 6.99. The predicted molar refractivity (Wildman–Crippen MR) is 103 cm³/mol. The molecule has 0 saturated heterocycles. The summed E-state index contributed by atoms with van der Waals surface area (Å²) in [4.78, 5) is 23.1. The van der Waals surface area contributed by atoms with E-state index in [0.717, 1.165) is 11.8 Å². The highest BCUT2D eigenvalue weighted by molar-refractivity contribution is 7.92. The van der Waals surface area contributed by atoms with Crippen LogP contribution in [0.4, 0.5) is 17.1 Å². The number of sulfonamides is 1. The molecule has 8 nitrogen and oxygen atoms in total. The van der Waals surface area contributed by atoms with E-state index in [-0.39, 0.29) is 5.69 Å². The molecule has 0 radical (unpaired) electrons. The quantitative estimate of drug-likeness (QED) is 0.639. The van der Waals surface area contributed by atoms with Gasteiger partial charge in [-0.2, -0.15) is 0 Å². The summed E-state index contributed by atoms with van der Waals surface area (Å²) in [7, 11) is -3.37. The fraction of sp³-hybridized carbons (Fsp3) is 0.278. The Kier molecular flexibility index (Phi) is 4.88. The van der Waals surface area contributed by atoms with Crippen molar-refractivity contribution < 1.29 is 18.1 Å². The third-order valence-corrected chi connectivity index (χ3v) is 5.75. The van der Waals surface area contributed by atoms with E-state index in [4.69, 9.17) is 0 Å². The summed E-state index contributed by atoms with van der Waals surface area (Å²) in [6, 6.07) is 9.36. The van der Waals surface area contributed by atoms with Gasteiger partial charge in [0.15, 0.2) is 0 Å². The number of hydrogen-bond donors (Lipinski definition) is 1. The van der Waals surface area contributed by atoms with Gasteiger partial charge in [0.25, 0.3) is 11.6 Å². The van der Waals surface area contributed by atoms with Crippen LogP contribution >= 0.6 is 0 Å². The lowest BCUT2D eigenvalue weighted by atomic mass is 10.0. The normalized spacial score (nSPS) is 13.8. The fourth-order valence-electron chi connectivity index (χ4n) is 3.20. The molecule has 1 amide bonds. The van der Waals surface area contributed by atoms with Crippen LogP contribution in [0.25, 0.3) is 0 Å². The fourth-order valence-corrected chi connectivity index (χ4v) is 4.20. The molecular formula is C18H19N3O5S. The minimum Gasteiger partial charge on any atom is -0.321 e. The second-order valence-corrected chi connectivity index (χ2v) is 8.35. The van der Waals surface area contributed by atoms with E-state index < -0.39 is 20.9 Å². The Hall–Kier alpha value is -2.94. The van der Waals surface area contributed by atoms with Gasteiger partial charge in [0.2, 0.25) is 10.0 Å². The number of carbonyl (C=O) groups is 1. The molecule has 0 aliphatic carbocycles. The van der Waals surface area contributed by atoms with Crippen molar-refractivity contribution in [1.29, 1.82) is 0 Å². The molecule has 0 saturated carbocycles. The summed E-state index contributed by atoms with van der Waals surface area (Å²) >= 11 is 0. The largest absolute Gasteiger partial charge is 0.321 e. The average molecular weight is 389 g/mol. The Morgan fingerprint density at radius 2 is 2.00 bits per heavy atom. The predicted octanol–water partition coefficient (Wildman–Crippen LogP) is 2.87. The number of aryl methyl sites for hydroxylation is 1. The van der Waals surface area contributed by atoms with Crippen LogP contribution in [0.2, 0.25) is 0 Å². The van der Waals surface area contributed by atoms with Gasteiger partial charge in [-0.15, -0.1) is 0 Å². The number of nitrogens with zero attached hydrogens (tertiary/aromatic N) is 2. The molecule has 3 rings (SSSR count). The molecule has 1 aliphatic rings. The van der Waals surface area contributed by atoms with E-state index in [0.29, 0.717) is 41.9 Å². The molecule has 2 aromatic carbocycles. The Morgan fingerprint density at radius 1 is 1.26 bits per heavy atom.